The molecule has 0 atom stereocenters. The Morgan fingerprint density at radius 1 is 1.24 bits per heavy atom. The molecule has 104 valence electrons. The van der Waals surface area contributed by atoms with E-state index in [0.29, 0.717) is 16.2 Å². The number of rotatable bonds is 3. The largest absolute Gasteiger partial charge is 0.507 e. The SMILES string of the molecule is Oc1ccccc1C=Nn1c(-c2cccnc2)n[nH]c1=S. The number of H-pyrrole nitrogens is 1. The summed E-state index contributed by atoms with van der Waals surface area (Å²) in [5.41, 5.74) is 1.39. The van der Waals surface area contributed by atoms with E-state index in [1.807, 2.05) is 18.2 Å². The first-order valence-electron chi connectivity index (χ1n) is 6.16. The van der Waals surface area contributed by atoms with Crippen molar-refractivity contribution >= 4 is 18.4 Å². The lowest BCUT2D eigenvalue weighted by Crippen LogP contribution is -1.95. The molecule has 0 aliphatic heterocycles. The van der Waals surface area contributed by atoms with Crippen LogP contribution in [0.4, 0.5) is 0 Å². The Balaban J connectivity index is 2.02. The number of aromatic hydroxyl groups is 1. The summed E-state index contributed by atoms with van der Waals surface area (Å²) in [5, 5.41) is 20.9. The van der Waals surface area contributed by atoms with Gasteiger partial charge in [-0.25, -0.2) is 5.10 Å². The van der Waals surface area contributed by atoms with Crippen LogP contribution in [0.3, 0.4) is 0 Å². The van der Waals surface area contributed by atoms with Gasteiger partial charge in [-0.2, -0.15) is 14.9 Å². The molecule has 0 spiro atoms. The number of phenols is 1. The lowest BCUT2D eigenvalue weighted by atomic mass is 10.2. The summed E-state index contributed by atoms with van der Waals surface area (Å²) < 4.78 is 1.85. The molecule has 2 N–H and O–H groups in total. The number of nitrogens with one attached hydrogen (secondary N) is 1. The first-order valence-corrected chi connectivity index (χ1v) is 6.57. The molecule has 0 radical (unpaired) electrons. The predicted octanol–water partition coefficient (Wildman–Crippen LogP) is 2.59. The molecule has 0 fully saturated rings. The summed E-state index contributed by atoms with van der Waals surface area (Å²) in [6.45, 7) is 0. The number of hydrogen-bond donors (Lipinski definition) is 2. The van der Waals surface area contributed by atoms with E-state index in [2.05, 4.69) is 20.3 Å². The van der Waals surface area contributed by atoms with Crippen LogP contribution in [0.2, 0.25) is 0 Å². The number of hydrogen-bond acceptors (Lipinski definition) is 5. The summed E-state index contributed by atoms with van der Waals surface area (Å²) in [5.74, 6) is 0.707. The monoisotopic (exact) mass is 297 g/mol. The lowest BCUT2D eigenvalue weighted by molar-refractivity contribution is 0.474. The van der Waals surface area contributed by atoms with Gasteiger partial charge in [0.05, 0.1) is 6.21 Å². The van der Waals surface area contributed by atoms with Crippen molar-refractivity contribution in [3.63, 3.8) is 0 Å². The summed E-state index contributed by atoms with van der Waals surface area (Å²) in [6.07, 6.45) is 4.89. The predicted molar refractivity (Wildman–Crippen MR) is 81.7 cm³/mol. The second-order valence-corrected chi connectivity index (χ2v) is 4.60. The van der Waals surface area contributed by atoms with Crippen molar-refractivity contribution in [2.45, 2.75) is 0 Å². The van der Waals surface area contributed by atoms with E-state index < -0.39 is 0 Å². The van der Waals surface area contributed by atoms with Gasteiger partial charge in [-0.15, -0.1) is 0 Å². The van der Waals surface area contributed by atoms with Gasteiger partial charge in [0.25, 0.3) is 0 Å². The number of para-hydroxylation sites is 1. The second-order valence-electron chi connectivity index (χ2n) is 4.21. The smallest absolute Gasteiger partial charge is 0.216 e. The molecule has 0 aliphatic rings. The van der Waals surface area contributed by atoms with Crippen LogP contribution in [0.5, 0.6) is 5.75 Å². The fourth-order valence-corrected chi connectivity index (χ4v) is 1.98. The Hall–Kier alpha value is -2.80. The van der Waals surface area contributed by atoms with Gasteiger partial charge < -0.3 is 5.11 Å². The van der Waals surface area contributed by atoms with Crippen LogP contribution >= 0.6 is 12.2 Å². The molecule has 0 amide bonds. The highest BCUT2D eigenvalue weighted by atomic mass is 32.1. The summed E-state index contributed by atoms with van der Waals surface area (Å²) in [4.78, 5) is 4.05. The normalized spacial score (nSPS) is 11.0. The molecular formula is C14H11N5OS. The van der Waals surface area contributed by atoms with Crippen molar-refractivity contribution in [3.8, 4) is 17.1 Å². The maximum atomic E-state index is 9.73. The zero-order valence-electron chi connectivity index (χ0n) is 10.8. The van der Waals surface area contributed by atoms with Gasteiger partial charge in [-0.3, -0.25) is 4.98 Å². The van der Waals surface area contributed by atoms with Crippen molar-refractivity contribution in [3.05, 3.63) is 59.1 Å². The zero-order chi connectivity index (χ0) is 14.7. The van der Waals surface area contributed by atoms with Gasteiger partial charge in [0.1, 0.15) is 5.75 Å². The van der Waals surface area contributed by atoms with Gasteiger partial charge in [0.15, 0.2) is 5.82 Å². The molecule has 3 aromatic rings. The van der Waals surface area contributed by atoms with Crippen LogP contribution in [0.15, 0.2) is 53.9 Å². The minimum atomic E-state index is 0.152. The first-order chi connectivity index (χ1) is 10.3. The summed E-state index contributed by atoms with van der Waals surface area (Å²) in [6, 6.07) is 10.6. The van der Waals surface area contributed by atoms with Gasteiger partial charge in [-0.05, 0) is 36.5 Å². The van der Waals surface area contributed by atoms with Crippen LogP contribution in [-0.4, -0.2) is 31.2 Å². The minimum Gasteiger partial charge on any atom is -0.507 e. The molecule has 2 aromatic heterocycles. The highest BCUT2D eigenvalue weighted by Crippen LogP contribution is 2.16. The van der Waals surface area contributed by atoms with E-state index in [0.717, 1.165) is 5.56 Å². The molecule has 2 heterocycles. The van der Waals surface area contributed by atoms with Crippen molar-refractivity contribution < 1.29 is 5.11 Å². The Morgan fingerprint density at radius 3 is 2.86 bits per heavy atom. The van der Waals surface area contributed by atoms with Crippen LogP contribution in [0.25, 0.3) is 11.4 Å². The van der Waals surface area contributed by atoms with Crippen molar-refractivity contribution in [1.29, 1.82) is 0 Å². The fraction of sp³-hybridized carbons (Fsp3) is 0. The topological polar surface area (TPSA) is 79.1 Å². The third-order valence-electron chi connectivity index (χ3n) is 2.82. The van der Waals surface area contributed by atoms with Gasteiger partial charge in [0, 0.05) is 23.5 Å². The van der Waals surface area contributed by atoms with Gasteiger partial charge in [0.2, 0.25) is 4.77 Å². The van der Waals surface area contributed by atoms with Gasteiger partial charge >= 0.3 is 0 Å². The summed E-state index contributed by atoms with van der Waals surface area (Å²) >= 11 is 5.17. The average Bonchev–Trinajstić information content (AvgIpc) is 2.88. The van der Waals surface area contributed by atoms with E-state index >= 15 is 0 Å². The molecule has 1 aromatic carbocycles. The van der Waals surface area contributed by atoms with E-state index in [4.69, 9.17) is 12.2 Å². The molecule has 0 aliphatic carbocycles. The number of phenolic OH excluding ortho intramolecular Hbond substituents is 1. The molecule has 6 nitrogen and oxygen atoms in total. The Kier molecular flexibility index (Phi) is 3.57. The highest BCUT2D eigenvalue weighted by Gasteiger charge is 2.07. The third-order valence-corrected chi connectivity index (χ3v) is 3.08. The Bertz CT molecular complexity index is 838. The van der Waals surface area contributed by atoms with E-state index in [1.54, 1.807) is 30.6 Å². The van der Waals surface area contributed by atoms with Crippen LogP contribution in [-0.2, 0) is 0 Å². The molecule has 21 heavy (non-hydrogen) atoms. The van der Waals surface area contributed by atoms with Crippen molar-refractivity contribution in [1.82, 2.24) is 19.9 Å². The van der Waals surface area contributed by atoms with E-state index in [-0.39, 0.29) is 5.75 Å². The number of nitrogens with zero attached hydrogens (tertiary/aromatic N) is 4. The Labute approximate surface area is 125 Å². The number of aromatic nitrogens is 4. The highest BCUT2D eigenvalue weighted by molar-refractivity contribution is 7.71. The fourth-order valence-electron chi connectivity index (χ4n) is 1.80. The molecule has 0 saturated carbocycles. The third kappa shape index (κ3) is 2.72. The second kappa shape index (κ2) is 5.68. The number of aromatic amines is 1. The summed E-state index contributed by atoms with van der Waals surface area (Å²) in [7, 11) is 0. The van der Waals surface area contributed by atoms with E-state index in [1.165, 1.54) is 10.9 Å². The standard InChI is InChI=1S/C14H11N5OS/c20-12-6-2-1-4-10(12)9-16-19-13(17-18-14(19)21)11-5-3-7-15-8-11/h1-9,20H,(H,18,21). The van der Waals surface area contributed by atoms with Crippen molar-refractivity contribution in [2.75, 3.05) is 0 Å². The zero-order valence-corrected chi connectivity index (χ0v) is 11.7. The number of benzene rings is 1. The minimum absolute atomic E-state index is 0.152. The molecule has 0 saturated heterocycles. The molecule has 3 rings (SSSR count). The first kappa shape index (κ1) is 13.2. The van der Waals surface area contributed by atoms with Crippen LogP contribution in [0.1, 0.15) is 5.56 Å². The maximum Gasteiger partial charge on any atom is 0.216 e. The van der Waals surface area contributed by atoms with Crippen LogP contribution in [0, 0.1) is 4.77 Å². The molecule has 7 heteroatoms. The van der Waals surface area contributed by atoms with Crippen LogP contribution < -0.4 is 0 Å². The quantitative estimate of drug-likeness (QED) is 0.575. The van der Waals surface area contributed by atoms with Gasteiger partial charge in [-0.1, -0.05) is 12.1 Å². The lowest BCUT2D eigenvalue weighted by Gasteiger charge is -2.00. The average molecular weight is 297 g/mol. The Morgan fingerprint density at radius 2 is 2.10 bits per heavy atom. The maximum absolute atomic E-state index is 9.73. The molecular weight excluding hydrogens is 286 g/mol. The van der Waals surface area contributed by atoms with E-state index in [9.17, 15) is 5.11 Å². The van der Waals surface area contributed by atoms with Crippen molar-refractivity contribution in [2.24, 2.45) is 5.10 Å². The molecule has 0 unspecified atom stereocenters. The molecule has 0 bridgehead atoms. The number of pyridine rings is 1.